The number of rotatable bonds is 8. The van der Waals surface area contributed by atoms with Crippen LogP contribution >= 0.6 is 0 Å². The van der Waals surface area contributed by atoms with E-state index in [1.807, 2.05) is 6.07 Å². The van der Waals surface area contributed by atoms with Crippen molar-refractivity contribution < 1.29 is 9.53 Å². The van der Waals surface area contributed by atoms with Gasteiger partial charge in [0.2, 0.25) is 0 Å². The fourth-order valence-electron chi connectivity index (χ4n) is 8.89. The Labute approximate surface area is 395 Å². The smallest absolute Gasteiger partial charge is 0.193 e. The monoisotopic (exact) mass is 867 g/mol. The van der Waals surface area contributed by atoms with Crippen molar-refractivity contribution in [3.63, 3.8) is 0 Å². The molecule has 0 fully saturated rings. The second kappa shape index (κ2) is 17.4. The number of hydrogen-bond acceptors (Lipinski definition) is 2. The molecule has 0 saturated heterocycles. The maximum Gasteiger partial charge on any atom is 0.193 e. The number of hydrogen-bond donors (Lipinski definition) is 0. The van der Waals surface area contributed by atoms with Crippen molar-refractivity contribution in [3.8, 4) is 39.1 Å². The van der Waals surface area contributed by atoms with Gasteiger partial charge in [0.25, 0.3) is 0 Å². The van der Waals surface area contributed by atoms with Crippen LogP contribution in [0, 0.1) is 0 Å². The number of carbonyl (C=O) groups is 1. The molecule has 0 aliphatic heterocycles. The largest absolute Gasteiger partial charge is 0.473 e. The number of allylic oxidation sites excluding steroid dienone is 2. The molecule has 7 aromatic carbocycles. The number of carbonyl (C=O) groups excluding carboxylic acids is 1. The molecule has 1 aliphatic carbocycles. The summed E-state index contributed by atoms with van der Waals surface area (Å²) >= 11 is 0. The molecule has 1 aliphatic rings. The van der Waals surface area contributed by atoms with E-state index < -0.39 is 5.60 Å². The van der Waals surface area contributed by atoms with Crippen molar-refractivity contribution in [3.05, 3.63) is 221 Å². The minimum atomic E-state index is -1.22. The highest BCUT2D eigenvalue weighted by molar-refractivity contribution is 6.43. The van der Waals surface area contributed by atoms with Crippen LogP contribution in [-0.4, -0.2) is 5.78 Å². The molecule has 0 amide bonds. The molecular formula is C64H66O2. The lowest BCUT2D eigenvalue weighted by Gasteiger charge is -2.36. The van der Waals surface area contributed by atoms with Crippen molar-refractivity contribution in [2.24, 2.45) is 0 Å². The van der Waals surface area contributed by atoms with Gasteiger partial charge < -0.3 is 4.74 Å². The number of ether oxygens (including phenoxy) is 1. The van der Waals surface area contributed by atoms with E-state index in [4.69, 9.17) is 4.74 Å². The highest BCUT2D eigenvalue weighted by Crippen LogP contribution is 2.50. The van der Waals surface area contributed by atoms with E-state index >= 15 is 4.79 Å². The molecule has 0 saturated carbocycles. The summed E-state index contributed by atoms with van der Waals surface area (Å²) in [6.45, 7) is 26.8. The molecule has 66 heavy (non-hydrogen) atoms. The third-order valence-electron chi connectivity index (χ3n) is 13.1. The van der Waals surface area contributed by atoms with Gasteiger partial charge in [0.05, 0.1) is 0 Å². The number of ketones is 1. The minimum Gasteiger partial charge on any atom is -0.473 e. The van der Waals surface area contributed by atoms with Gasteiger partial charge >= 0.3 is 0 Å². The van der Waals surface area contributed by atoms with Crippen molar-refractivity contribution in [2.75, 3.05) is 0 Å². The summed E-state index contributed by atoms with van der Waals surface area (Å²) in [7, 11) is 0. The summed E-state index contributed by atoms with van der Waals surface area (Å²) in [5, 5.41) is 0. The van der Waals surface area contributed by atoms with Crippen molar-refractivity contribution >= 4 is 16.9 Å². The molecule has 8 rings (SSSR count). The fraction of sp³-hybridized carbons (Fsp3) is 0.266. The highest BCUT2D eigenvalue weighted by atomic mass is 16.5. The van der Waals surface area contributed by atoms with Gasteiger partial charge in [-0.3, -0.25) is 4.79 Å². The van der Waals surface area contributed by atoms with Crippen LogP contribution in [0.25, 0.3) is 44.5 Å². The van der Waals surface area contributed by atoms with Crippen LogP contribution in [0.15, 0.2) is 182 Å². The topological polar surface area (TPSA) is 26.3 Å². The van der Waals surface area contributed by atoms with Crippen molar-refractivity contribution in [1.82, 2.24) is 0 Å². The van der Waals surface area contributed by atoms with Crippen LogP contribution in [0.2, 0.25) is 0 Å². The SMILES string of the molecule is CC(C)(C)c1ccc(C2=CC(Oc3c(-c4ccc(C(C)(C)C)cc4)cc(-c4ccccc4)cc3-c3ccc(C(C)(C)C)cc3)(c3ccccc3)C=C(c3ccc(C(C)(C)C)cc3)C2=O)cc1. The van der Waals surface area contributed by atoms with E-state index in [9.17, 15) is 0 Å². The number of Topliss-reactive ketones (excluding diaryl/α,β-unsaturated/α-hetero) is 1. The van der Waals surface area contributed by atoms with Crippen molar-refractivity contribution in [1.29, 1.82) is 0 Å². The molecule has 0 N–H and O–H groups in total. The second-order valence-electron chi connectivity index (χ2n) is 22.3. The van der Waals surface area contributed by atoms with E-state index in [1.165, 1.54) is 22.3 Å². The molecule has 0 bridgehead atoms. The Morgan fingerprint density at radius 3 is 1.00 bits per heavy atom. The van der Waals surface area contributed by atoms with Gasteiger partial charge in [-0.25, -0.2) is 0 Å². The second-order valence-corrected chi connectivity index (χ2v) is 22.3. The normalized spacial score (nSPS) is 14.4. The average molecular weight is 867 g/mol. The molecule has 7 aromatic rings. The molecule has 0 heterocycles. The summed E-state index contributed by atoms with van der Waals surface area (Å²) in [5.74, 6) is 0.699. The van der Waals surface area contributed by atoms with Crippen LogP contribution in [0.1, 0.15) is 122 Å². The summed E-state index contributed by atoms with van der Waals surface area (Å²) < 4.78 is 7.99. The van der Waals surface area contributed by atoms with E-state index in [0.29, 0.717) is 11.1 Å². The number of benzene rings is 7. The maximum atomic E-state index is 15.3. The third-order valence-corrected chi connectivity index (χ3v) is 13.1. The minimum absolute atomic E-state index is 0.0196. The Morgan fingerprint density at radius 1 is 0.348 bits per heavy atom. The standard InChI is InChI=1S/C64H66O2/c1-60(2,3)49-31-23-44(24-32-49)54-39-48(43-19-15-13-16-20-43)40-55(45-25-33-50(34-26-45)61(4,5)6)59(54)66-64(53-21-17-14-18-22-53)41-56(46-27-35-51(36-28-46)62(7,8)9)58(65)57(42-64)47-29-37-52(38-30-47)63(10,11)12/h13-42H,1-12H3. The summed E-state index contributed by atoms with van der Waals surface area (Å²) in [5.41, 5.74) is 13.6. The molecule has 334 valence electrons. The maximum absolute atomic E-state index is 15.3. The molecule has 0 radical (unpaired) electrons. The lowest BCUT2D eigenvalue weighted by molar-refractivity contribution is -0.109. The van der Waals surface area contributed by atoms with Gasteiger partial charge in [0, 0.05) is 27.8 Å². The Kier molecular flexibility index (Phi) is 12.1. The van der Waals surface area contributed by atoms with Crippen molar-refractivity contribution in [2.45, 2.75) is 110 Å². The van der Waals surface area contributed by atoms with Crippen LogP contribution in [0.5, 0.6) is 5.75 Å². The first-order valence-corrected chi connectivity index (χ1v) is 23.5. The average Bonchev–Trinajstić information content (AvgIpc) is 3.29. The lowest BCUT2D eigenvalue weighted by atomic mass is 9.77. The molecule has 0 aromatic heterocycles. The first kappa shape index (κ1) is 46.0. The zero-order chi connectivity index (χ0) is 47.2. The molecule has 0 spiro atoms. The Hall–Kier alpha value is -6.51. The first-order valence-electron chi connectivity index (χ1n) is 23.5. The lowest BCUT2D eigenvalue weighted by Crippen LogP contribution is -2.34. The van der Waals surface area contributed by atoms with Crippen LogP contribution < -0.4 is 4.74 Å². The van der Waals surface area contributed by atoms with E-state index in [1.54, 1.807) is 0 Å². The molecule has 0 atom stereocenters. The first-order chi connectivity index (χ1) is 31.1. The zero-order valence-corrected chi connectivity index (χ0v) is 41.1. The van der Waals surface area contributed by atoms with E-state index in [2.05, 4.69) is 259 Å². The molecule has 2 nitrogen and oxygen atoms in total. The summed E-state index contributed by atoms with van der Waals surface area (Å²) in [6, 6.07) is 60.5. The fourth-order valence-corrected chi connectivity index (χ4v) is 8.89. The molecular weight excluding hydrogens is 801 g/mol. The van der Waals surface area contributed by atoms with Gasteiger partial charge in [-0.05, 0) is 102 Å². The predicted molar refractivity (Wildman–Crippen MR) is 280 cm³/mol. The Balaban J connectivity index is 1.46. The van der Waals surface area contributed by atoms with Crippen LogP contribution in [0.3, 0.4) is 0 Å². The Bertz CT molecular complexity index is 2740. The van der Waals surface area contributed by atoms with Gasteiger partial charge in [-0.2, -0.15) is 0 Å². The summed E-state index contributed by atoms with van der Waals surface area (Å²) in [4.78, 5) is 15.3. The molecule has 0 unspecified atom stereocenters. The van der Waals surface area contributed by atoms with Gasteiger partial charge in [0.1, 0.15) is 5.75 Å². The quantitative estimate of drug-likeness (QED) is 0.152. The van der Waals surface area contributed by atoms with Crippen LogP contribution in [-0.2, 0) is 32.1 Å². The van der Waals surface area contributed by atoms with Crippen LogP contribution in [0.4, 0.5) is 0 Å². The highest BCUT2D eigenvalue weighted by Gasteiger charge is 2.40. The summed E-state index contributed by atoms with van der Waals surface area (Å²) in [6.07, 6.45) is 4.15. The van der Waals surface area contributed by atoms with E-state index in [-0.39, 0.29) is 27.4 Å². The van der Waals surface area contributed by atoms with Gasteiger partial charge in [0.15, 0.2) is 11.4 Å². The van der Waals surface area contributed by atoms with E-state index in [0.717, 1.165) is 55.8 Å². The van der Waals surface area contributed by atoms with Gasteiger partial charge in [-0.1, -0.05) is 241 Å². The van der Waals surface area contributed by atoms with Gasteiger partial charge in [-0.15, -0.1) is 0 Å². The third kappa shape index (κ3) is 9.57. The zero-order valence-electron chi connectivity index (χ0n) is 41.1. The molecule has 2 heteroatoms. The predicted octanol–water partition coefficient (Wildman–Crippen LogP) is 16.9. The Morgan fingerprint density at radius 2 is 0.667 bits per heavy atom.